The molecule has 0 aliphatic carbocycles. The van der Waals surface area contributed by atoms with Crippen LogP contribution in [0, 0.1) is 0 Å². The number of hydrogen-bond acceptors (Lipinski definition) is 2. The van der Waals surface area contributed by atoms with E-state index in [-0.39, 0.29) is 5.91 Å². The van der Waals surface area contributed by atoms with Crippen LogP contribution in [-0.2, 0) is 6.16 Å². The first-order valence-electron chi connectivity index (χ1n) is 12.3. The maximum absolute atomic E-state index is 13.2. The lowest BCUT2D eigenvalue weighted by Gasteiger charge is -2.28. The Balaban J connectivity index is 1.61. The molecule has 0 radical (unpaired) electrons. The van der Waals surface area contributed by atoms with Crippen molar-refractivity contribution >= 4 is 34.8 Å². The zero-order valence-electron chi connectivity index (χ0n) is 20.7. The van der Waals surface area contributed by atoms with Gasteiger partial charge < -0.3 is 10.1 Å². The zero-order chi connectivity index (χ0) is 25.5. The maximum Gasteiger partial charge on any atom is 0.255 e. The molecule has 0 saturated carbocycles. The number of benzene rings is 5. The zero-order valence-corrected chi connectivity index (χ0v) is 21.6. The van der Waals surface area contributed by atoms with E-state index in [2.05, 4.69) is 102 Å². The van der Waals surface area contributed by atoms with E-state index < -0.39 is 7.26 Å². The summed E-state index contributed by atoms with van der Waals surface area (Å²) in [6.45, 7) is 0. The summed E-state index contributed by atoms with van der Waals surface area (Å²) >= 11 is 0. The van der Waals surface area contributed by atoms with Gasteiger partial charge in [-0.1, -0.05) is 72.8 Å². The summed E-state index contributed by atoms with van der Waals surface area (Å²) in [6, 6.07) is 47.7. The molecule has 0 atom stereocenters. The molecule has 182 valence electrons. The van der Waals surface area contributed by atoms with Crippen molar-refractivity contribution in [3.63, 3.8) is 0 Å². The SMILES string of the molecule is COc1ccc(C(=O)Nc2ccccc2C[P+](c2ccccc2)(c2ccccc2)c2ccccc2)cc1. The molecule has 0 aliphatic rings. The molecule has 1 N–H and O–H groups in total. The lowest BCUT2D eigenvalue weighted by atomic mass is 10.1. The summed E-state index contributed by atoms with van der Waals surface area (Å²) in [6.07, 6.45) is 0.782. The summed E-state index contributed by atoms with van der Waals surface area (Å²) in [5.41, 5.74) is 2.52. The number of amides is 1. The molecule has 0 heterocycles. The number of para-hydroxylation sites is 1. The number of methoxy groups -OCH3 is 1. The van der Waals surface area contributed by atoms with Crippen molar-refractivity contribution in [1.29, 1.82) is 0 Å². The lowest BCUT2D eigenvalue weighted by Crippen LogP contribution is -2.32. The van der Waals surface area contributed by atoms with E-state index in [1.165, 1.54) is 15.9 Å². The van der Waals surface area contributed by atoms with Gasteiger partial charge >= 0.3 is 0 Å². The standard InChI is InChI=1S/C33H28NO2P/c1-36-28-23-21-26(22-24-28)33(35)34-32-20-12-11-13-27(32)25-37(29-14-5-2-6-15-29,30-16-7-3-8-17-30)31-18-9-4-10-19-31/h2-24H,25H2,1H3/p+1. The molecule has 37 heavy (non-hydrogen) atoms. The number of hydrogen-bond donors (Lipinski definition) is 1. The first-order chi connectivity index (χ1) is 18.2. The van der Waals surface area contributed by atoms with Gasteiger partial charge in [0.2, 0.25) is 0 Å². The number of ether oxygens (including phenoxy) is 1. The van der Waals surface area contributed by atoms with Gasteiger partial charge in [0, 0.05) is 16.8 Å². The minimum absolute atomic E-state index is 0.141. The molecular formula is C33H29NO2P+. The fraction of sp³-hybridized carbons (Fsp3) is 0.0606. The summed E-state index contributed by atoms with van der Waals surface area (Å²) in [5.74, 6) is 0.582. The second-order valence-electron chi connectivity index (χ2n) is 8.81. The fourth-order valence-corrected chi connectivity index (χ4v) is 9.01. The molecule has 0 bridgehead atoms. The fourth-order valence-electron chi connectivity index (χ4n) is 4.74. The van der Waals surface area contributed by atoms with Crippen molar-refractivity contribution < 1.29 is 9.53 Å². The van der Waals surface area contributed by atoms with Crippen LogP contribution < -0.4 is 26.0 Å². The average molecular weight is 503 g/mol. The predicted octanol–water partition coefficient (Wildman–Crippen LogP) is 6.44. The Kier molecular flexibility index (Phi) is 7.44. The molecule has 4 heteroatoms. The third-order valence-corrected chi connectivity index (χ3v) is 11.0. The number of anilines is 1. The van der Waals surface area contributed by atoms with Crippen LogP contribution in [0.15, 0.2) is 140 Å². The molecule has 5 aromatic carbocycles. The lowest BCUT2D eigenvalue weighted by molar-refractivity contribution is 0.102. The quantitative estimate of drug-likeness (QED) is 0.248. The Morgan fingerprint density at radius 3 is 1.57 bits per heavy atom. The van der Waals surface area contributed by atoms with Gasteiger partial charge in [0.1, 0.15) is 35.1 Å². The van der Waals surface area contributed by atoms with E-state index in [0.717, 1.165) is 23.2 Å². The third-order valence-electron chi connectivity index (χ3n) is 6.62. The van der Waals surface area contributed by atoms with Crippen molar-refractivity contribution in [3.8, 4) is 5.75 Å². The molecule has 1 amide bonds. The van der Waals surface area contributed by atoms with Gasteiger partial charge in [-0.3, -0.25) is 4.79 Å². The van der Waals surface area contributed by atoms with Gasteiger partial charge in [-0.15, -0.1) is 0 Å². The molecule has 0 saturated heterocycles. The van der Waals surface area contributed by atoms with Gasteiger partial charge in [-0.2, -0.15) is 0 Å². The Hall–Kier alpha value is -4.20. The molecule has 5 rings (SSSR count). The van der Waals surface area contributed by atoms with E-state index in [9.17, 15) is 4.79 Å². The molecule has 0 aliphatic heterocycles. The molecule has 0 spiro atoms. The summed E-state index contributed by atoms with van der Waals surface area (Å²) in [4.78, 5) is 13.2. The average Bonchev–Trinajstić information content (AvgIpc) is 2.98. The first kappa shape index (κ1) is 24.5. The molecule has 0 aromatic heterocycles. The normalized spacial score (nSPS) is 11.1. The number of nitrogens with one attached hydrogen (secondary N) is 1. The number of carbonyl (C=O) groups is 1. The van der Waals surface area contributed by atoms with E-state index in [0.29, 0.717) is 5.56 Å². The van der Waals surface area contributed by atoms with Gasteiger partial charge in [0.05, 0.1) is 7.11 Å². The van der Waals surface area contributed by atoms with Crippen molar-refractivity contribution in [1.82, 2.24) is 0 Å². The van der Waals surface area contributed by atoms with E-state index in [4.69, 9.17) is 4.74 Å². The first-order valence-corrected chi connectivity index (χ1v) is 14.3. The number of rotatable bonds is 8. The van der Waals surface area contributed by atoms with Crippen molar-refractivity contribution in [2.24, 2.45) is 0 Å². The van der Waals surface area contributed by atoms with Crippen molar-refractivity contribution in [2.45, 2.75) is 6.16 Å². The highest BCUT2D eigenvalue weighted by molar-refractivity contribution is 7.95. The van der Waals surface area contributed by atoms with Crippen LogP contribution in [0.1, 0.15) is 15.9 Å². The highest BCUT2D eigenvalue weighted by Crippen LogP contribution is 2.58. The smallest absolute Gasteiger partial charge is 0.255 e. The van der Waals surface area contributed by atoms with Crippen LogP contribution in [0.2, 0.25) is 0 Å². The van der Waals surface area contributed by atoms with E-state index >= 15 is 0 Å². The molecule has 3 nitrogen and oxygen atoms in total. The van der Waals surface area contributed by atoms with Crippen molar-refractivity contribution in [3.05, 3.63) is 151 Å². The topological polar surface area (TPSA) is 38.3 Å². The van der Waals surface area contributed by atoms with E-state index in [1.54, 1.807) is 31.4 Å². The van der Waals surface area contributed by atoms with Crippen LogP contribution in [0.4, 0.5) is 5.69 Å². The minimum Gasteiger partial charge on any atom is -0.497 e. The third kappa shape index (κ3) is 5.18. The highest BCUT2D eigenvalue weighted by atomic mass is 31.2. The minimum atomic E-state index is -2.10. The van der Waals surface area contributed by atoms with Crippen LogP contribution in [0.5, 0.6) is 5.75 Å². The second kappa shape index (κ2) is 11.2. The molecule has 0 fully saturated rings. The predicted molar refractivity (Wildman–Crippen MR) is 156 cm³/mol. The summed E-state index contributed by atoms with van der Waals surface area (Å²) < 4.78 is 5.24. The summed E-state index contributed by atoms with van der Waals surface area (Å²) in [7, 11) is -0.478. The molecule has 5 aromatic rings. The second-order valence-corrected chi connectivity index (χ2v) is 12.3. The van der Waals surface area contributed by atoms with Crippen LogP contribution in [-0.4, -0.2) is 13.0 Å². The van der Waals surface area contributed by atoms with Gasteiger partial charge in [-0.05, 0) is 66.7 Å². The van der Waals surface area contributed by atoms with Gasteiger partial charge in [0.25, 0.3) is 5.91 Å². The molecule has 0 unspecified atom stereocenters. The highest BCUT2D eigenvalue weighted by Gasteiger charge is 2.45. The van der Waals surface area contributed by atoms with Gasteiger partial charge in [-0.25, -0.2) is 0 Å². The largest absolute Gasteiger partial charge is 0.497 e. The Bertz CT molecular complexity index is 1360. The maximum atomic E-state index is 13.2. The Morgan fingerprint density at radius 2 is 1.08 bits per heavy atom. The van der Waals surface area contributed by atoms with E-state index in [1.807, 2.05) is 18.2 Å². The Labute approximate surface area is 219 Å². The Morgan fingerprint density at radius 1 is 0.622 bits per heavy atom. The van der Waals surface area contributed by atoms with Crippen LogP contribution >= 0.6 is 7.26 Å². The molecular weight excluding hydrogens is 473 g/mol. The summed E-state index contributed by atoms with van der Waals surface area (Å²) in [5, 5.41) is 7.11. The van der Waals surface area contributed by atoms with Crippen LogP contribution in [0.25, 0.3) is 0 Å². The van der Waals surface area contributed by atoms with Crippen LogP contribution in [0.3, 0.4) is 0 Å². The number of carbonyl (C=O) groups excluding carboxylic acids is 1. The van der Waals surface area contributed by atoms with Gasteiger partial charge in [0.15, 0.2) is 0 Å². The van der Waals surface area contributed by atoms with Crippen molar-refractivity contribution in [2.75, 3.05) is 12.4 Å². The monoisotopic (exact) mass is 502 g/mol.